The normalized spacial score (nSPS) is 50.5. The number of likely N-dealkylation sites (tertiary alicyclic amines) is 1. The summed E-state index contributed by atoms with van der Waals surface area (Å²) in [5.41, 5.74) is 0. The first kappa shape index (κ1) is 12.0. The van der Waals surface area contributed by atoms with E-state index in [9.17, 15) is 5.21 Å². The number of rotatable bonds is 1. The fourth-order valence-corrected chi connectivity index (χ4v) is 5.18. The van der Waals surface area contributed by atoms with Crippen molar-refractivity contribution in [3.63, 3.8) is 0 Å². The van der Waals surface area contributed by atoms with Crippen LogP contribution in [0.5, 0.6) is 0 Å². The van der Waals surface area contributed by atoms with E-state index in [0.717, 1.165) is 18.4 Å². The molecule has 0 bridgehead atoms. The number of fused-ring (bicyclic) bond motifs is 2. The van der Waals surface area contributed by atoms with Gasteiger partial charge in [0, 0.05) is 24.7 Å². The number of hydrogen-bond acceptors (Lipinski definition) is 1. The Kier molecular flexibility index (Phi) is 3.20. The maximum absolute atomic E-state index is 13.4. The van der Waals surface area contributed by atoms with E-state index in [1.54, 1.807) is 0 Å². The van der Waals surface area contributed by atoms with Gasteiger partial charge in [0.2, 0.25) is 0 Å². The molecule has 3 rings (SSSR count). The second-order valence-corrected chi connectivity index (χ2v) is 6.63. The van der Waals surface area contributed by atoms with Crippen LogP contribution in [0.15, 0.2) is 0 Å². The summed E-state index contributed by atoms with van der Waals surface area (Å²) in [6.45, 7) is 2.96. The molecule has 0 N–H and O–H groups in total. The topological polar surface area (TPSA) is 23.1 Å². The number of hydrogen-bond donors (Lipinski definition) is 0. The van der Waals surface area contributed by atoms with Crippen LogP contribution in [-0.2, 0) is 0 Å². The molecule has 3 fully saturated rings. The summed E-state index contributed by atoms with van der Waals surface area (Å²) in [7, 11) is 0. The van der Waals surface area contributed by atoms with Gasteiger partial charge in [0.15, 0.2) is 0 Å². The maximum atomic E-state index is 13.4. The summed E-state index contributed by atoms with van der Waals surface area (Å²) >= 11 is 0. The standard InChI is InChI=1S/C15H27NO/c1-2-16(17)14-9-5-3-7-12(14)11-13-8-4-6-10-15(13)16/h12-15H,2-11H2,1H3/t12-,13-,14-,15+,16?/m1/s1. The zero-order valence-corrected chi connectivity index (χ0v) is 11.2. The van der Waals surface area contributed by atoms with Gasteiger partial charge in [-0.1, -0.05) is 12.8 Å². The lowest BCUT2D eigenvalue weighted by Gasteiger charge is -2.63. The molecule has 5 atom stereocenters. The van der Waals surface area contributed by atoms with Gasteiger partial charge in [-0.05, 0) is 39.0 Å². The van der Waals surface area contributed by atoms with Gasteiger partial charge in [0.25, 0.3) is 0 Å². The van der Waals surface area contributed by atoms with Gasteiger partial charge in [-0.3, -0.25) is 0 Å². The van der Waals surface area contributed by atoms with Crippen LogP contribution in [0.1, 0.15) is 64.7 Å². The molecule has 0 aromatic heterocycles. The molecule has 2 aliphatic carbocycles. The number of quaternary nitrogens is 1. The highest BCUT2D eigenvalue weighted by Gasteiger charge is 2.50. The quantitative estimate of drug-likeness (QED) is 0.502. The lowest BCUT2D eigenvalue weighted by molar-refractivity contribution is -0.943. The lowest BCUT2D eigenvalue weighted by Crippen LogP contribution is -2.66. The van der Waals surface area contributed by atoms with Gasteiger partial charge < -0.3 is 9.85 Å². The van der Waals surface area contributed by atoms with E-state index >= 15 is 0 Å². The monoisotopic (exact) mass is 237 g/mol. The smallest absolute Gasteiger partial charge is 0.0918 e. The third-order valence-corrected chi connectivity index (χ3v) is 5.96. The third-order valence-electron chi connectivity index (χ3n) is 5.96. The summed E-state index contributed by atoms with van der Waals surface area (Å²) in [5, 5.41) is 13.4. The first-order chi connectivity index (χ1) is 8.25. The minimum absolute atomic E-state index is 0.190. The molecule has 3 aliphatic rings. The molecule has 1 heterocycles. The summed E-state index contributed by atoms with van der Waals surface area (Å²) in [4.78, 5) is 0. The van der Waals surface area contributed by atoms with Gasteiger partial charge in [0.05, 0.1) is 18.6 Å². The largest absolute Gasteiger partial charge is 0.632 e. The molecule has 0 aromatic carbocycles. The Morgan fingerprint density at radius 1 is 0.882 bits per heavy atom. The number of piperidine rings is 1. The van der Waals surface area contributed by atoms with Crippen molar-refractivity contribution in [2.45, 2.75) is 76.8 Å². The highest BCUT2D eigenvalue weighted by Crippen LogP contribution is 2.48. The van der Waals surface area contributed by atoms with E-state index < -0.39 is 0 Å². The fraction of sp³-hybridized carbons (Fsp3) is 1.00. The van der Waals surface area contributed by atoms with Crippen molar-refractivity contribution in [3.05, 3.63) is 5.21 Å². The van der Waals surface area contributed by atoms with Crippen molar-refractivity contribution in [1.82, 2.24) is 0 Å². The fourth-order valence-electron chi connectivity index (χ4n) is 5.18. The molecule has 2 saturated carbocycles. The molecule has 17 heavy (non-hydrogen) atoms. The lowest BCUT2D eigenvalue weighted by atomic mass is 9.67. The Bertz CT molecular complexity index is 256. The van der Waals surface area contributed by atoms with Crippen LogP contribution >= 0.6 is 0 Å². The predicted molar refractivity (Wildman–Crippen MR) is 70.3 cm³/mol. The van der Waals surface area contributed by atoms with Gasteiger partial charge in [-0.15, -0.1) is 0 Å². The Morgan fingerprint density at radius 2 is 1.35 bits per heavy atom. The molecular formula is C15H27NO. The van der Waals surface area contributed by atoms with E-state index in [4.69, 9.17) is 0 Å². The zero-order chi connectivity index (χ0) is 11.9. The first-order valence-electron chi connectivity index (χ1n) is 7.84. The molecule has 98 valence electrons. The highest BCUT2D eigenvalue weighted by atomic mass is 16.6. The highest BCUT2D eigenvalue weighted by molar-refractivity contribution is 4.90. The Labute approximate surface area is 106 Å². The van der Waals surface area contributed by atoms with Crippen LogP contribution in [0.3, 0.4) is 0 Å². The van der Waals surface area contributed by atoms with Crippen LogP contribution in [0.25, 0.3) is 0 Å². The van der Waals surface area contributed by atoms with Crippen molar-refractivity contribution in [3.8, 4) is 0 Å². The van der Waals surface area contributed by atoms with Crippen LogP contribution in [-0.4, -0.2) is 23.3 Å². The first-order valence-corrected chi connectivity index (χ1v) is 7.84. The van der Waals surface area contributed by atoms with E-state index in [1.807, 2.05) is 0 Å². The second-order valence-electron chi connectivity index (χ2n) is 6.63. The SMILES string of the molecule is CC[N+]1([O-])[C@@H]2CCCC[C@@H]2C[C@H]2CCCC[C@@H]21. The van der Waals surface area contributed by atoms with Crippen molar-refractivity contribution in [2.24, 2.45) is 11.8 Å². The molecular weight excluding hydrogens is 210 g/mol. The van der Waals surface area contributed by atoms with E-state index in [0.29, 0.717) is 12.1 Å². The van der Waals surface area contributed by atoms with Crippen LogP contribution in [0, 0.1) is 17.0 Å². The van der Waals surface area contributed by atoms with E-state index in [1.165, 1.54) is 57.8 Å². The molecule has 2 nitrogen and oxygen atoms in total. The third kappa shape index (κ3) is 1.84. The zero-order valence-electron chi connectivity index (χ0n) is 11.2. The minimum atomic E-state index is 0.190. The predicted octanol–water partition coefficient (Wildman–Crippen LogP) is 3.84. The average Bonchev–Trinajstić information content (AvgIpc) is 2.39. The molecule has 0 spiro atoms. The Morgan fingerprint density at radius 3 is 1.82 bits per heavy atom. The summed E-state index contributed by atoms with van der Waals surface area (Å²) in [6.07, 6.45) is 11.9. The number of nitrogens with zero attached hydrogens (tertiary/aromatic N) is 1. The molecule has 1 aliphatic heterocycles. The average molecular weight is 237 g/mol. The molecule has 0 amide bonds. The van der Waals surface area contributed by atoms with Gasteiger partial charge in [-0.25, -0.2) is 0 Å². The van der Waals surface area contributed by atoms with Crippen molar-refractivity contribution >= 4 is 0 Å². The molecule has 1 unspecified atom stereocenters. The van der Waals surface area contributed by atoms with Gasteiger partial charge in [0.1, 0.15) is 0 Å². The van der Waals surface area contributed by atoms with Crippen molar-refractivity contribution in [1.29, 1.82) is 0 Å². The molecule has 0 radical (unpaired) electrons. The summed E-state index contributed by atoms with van der Waals surface area (Å²) in [5.74, 6) is 1.53. The van der Waals surface area contributed by atoms with Gasteiger partial charge >= 0.3 is 0 Å². The summed E-state index contributed by atoms with van der Waals surface area (Å²) < 4.78 is 0.190. The van der Waals surface area contributed by atoms with Crippen molar-refractivity contribution in [2.75, 3.05) is 6.54 Å². The van der Waals surface area contributed by atoms with Gasteiger partial charge in [-0.2, -0.15) is 0 Å². The molecule has 2 heteroatoms. The van der Waals surface area contributed by atoms with E-state index in [2.05, 4.69) is 6.92 Å². The molecule has 1 saturated heterocycles. The van der Waals surface area contributed by atoms with Crippen LogP contribution < -0.4 is 0 Å². The van der Waals surface area contributed by atoms with Crippen LogP contribution in [0.2, 0.25) is 0 Å². The molecule has 0 aromatic rings. The minimum Gasteiger partial charge on any atom is -0.632 e. The second kappa shape index (κ2) is 4.55. The Hall–Kier alpha value is -0.0800. The summed E-state index contributed by atoms with van der Waals surface area (Å²) in [6, 6.07) is 0.932. The maximum Gasteiger partial charge on any atom is 0.0918 e. The Balaban J connectivity index is 1.88. The van der Waals surface area contributed by atoms with Crippen molar-refractivity contribution < 1.29 is 4.65 Å². The van der Waals surface area contributed by atoms with Crippen LogP contribution in [0.4, 0.5) is 0 Å². The number of hydroxylamine groups is 3. The van der Waals surface area contributed by atoms with E-state index in [-0.39, 0.29) is 4.65 Å².